The zero-order valence-corrected chi connectivity index (χ0v) is 7.75. The van der Waals surface area contributed by atoms with Crippen molar-refractivity contribution in [3.63, 3.8) is 0 Å². The van der Waals surface area contributed by atoms with Crippen molar-refractivity contribution in [3.8, 4) is 0 Å². The van der Waals surface area contributed by atoms with Gasteiger partial charge in [-0.05, 0) is 12.8 Å². The summed E-state index contributed by atoms with van der Waals surface area (Å²) in [4.78, 5) is 10.5. The van der Waals surface area contributed by atoms with Crippen molar-refractivity contribution in [2.24, 2.45) is 5.29 Å². The Morgan fingerprint density at radius 3 is 2.58 bits per heavy atom. The molecule has 0 radical (unpaired) electrons. The predicted molar refractivity (Wildman–Crippen MR) is 46.6 cm³/mol. The van der Waals surface area contributed by atoms with Crippen LogP contribution in [0.25, 0.3) is 0 Å². The highest BCUT2D eigenvalue weighted by atomic mass is 16.5. The lowest BCUT2D eigenvalue weighted by Gasteiger charge is -2.42. The summed E-state index contributed by atoms with van der Waals surface area (Å²) in [5.74, 6) is 0. The summed E-state index contributed by atoms with van der Waals surface area (Å²) < 4.78 is 5.36. The second kappa shape index (κ2) is 3.85. The van der Waals surface area contributed by atoms with Gasteiger partial charge in [0, 0.05) is 0 Å². The van der Waals surface area contributed by atoms with E-state index in [1.807, 2.05) is 0 Å². The topological polar surface area (TPSA) is 41.9 Å². The first-order valence-corrected chi connectivity index (χ1v) is 4.47. The van der Waals surface area contributed by atoms with E-state index in [1.165, 1.54) is 0 Å². The van der Waals surface area contributed by atoms with E-state index in [0.717, 1.165) is 12.8 Å². The summed E-state index contributed by atoms with van der Waals surface area (Å²) in [6.07, 6.45) is 1.82. The highest BCUT2D eigenvalue weighted by molar-refractivity contribution is 4.88. The minimum absolute atomic E-state index is 0.139. The number of hydrogen-bond donors (Lipinski definition) is 0. The first kappa shape index (κ1) is 9.45. The molecular weight excluding hydrogens is 156 g/mol. The molecule has 1 aliphatic rings. The zero-order valence-electron chi connectivity index (χ0n) is 7.75. The van der Waals surface area contributed by atoms with Crippen molar-refractivity contribution in [2.75, 3.05) is 19.8 Å². The Morgan fingerprint density at radius 2 is 2.17 bits per heavy atom. The molecule has 4 nitrogen and oxygen atoms in total. The van der Waals surface area contributed by atoms with E-state index in [1.54, 1.807) is 5.01 Å². The van der Waals surface area contributed by atoms with Crippen LogP contribution in [-0.2, 0) is 4.74 Å². The maximum absolute atomic E-state index is 10.5. The molecule has 1 saturated heterocycles. The Hall–Kier alpha value is -0.640. The first-order valence-electron chi connectivity index (χ1n) is 4.47. The van der Waals surface area contributed by atoms with Gasteiger partial charge in [-0.3, -0.25) is 5.01 Å². The second-order valence-corrected chi connectivity index (χ2v) is 3.19. The van der Waals surface area contributed by atoms with Crippen LogP contribution in [0.5, 0.6) is 0 Å². The van der Waals surface area contributed by atoms with Gasteiger partial charge in [0.25, 0.3) is 0 Å². The Morgan fingerprint density at radius 1 is 1.50 bits per heavy atom. The quantitative estimate of drug-likeness (QED) is 0.607. The first-order chi connectivity index (χ1) is 5.79. The van der Waals surface area contributed by atoms with E-state index in [0.29, 0.717) is 19.8 Å². The molecule has 0 atom stereocenters. The molecule has 0 aliphatic carbocycles. The summed E-state index contributed by atoms with van der Waals surface area (Å²) >= 11 is 0. The number of morpholine rings is 1. The summed E-state index contributed by atoms with van der Waals surface area (Å²) in [6.45, 7) is 6.01. The van der Waals surface area contributed by atoms with Crippen LogP contribution in [-0.4, -0.2) is 30.3 Å². The van der Waals surface area contributed by atoms with Crippen molar-refractivity contribution >= 4 is 0 Å². The lowest BCUT2D eigenvalue weighted by atomic mass is 9.92. The van der Waals surface area contributed by atoms with Crippen LogP contribution >= 0.6 is 0 Å². The maximum atomic E-state index is 10.5. The van der Waals surface area contributed by atoms with Crippen LogP contribution in [0.15, 0.2) is 5.29 Å². The van der Waals surface area contributed by atoms with Gasteiger partial charge in [0.1, 0.15) is 0 Å². The molecule has 1 heterocycles. The largest absolute Gasteiger partial charge is 0.377 e. The Balaban J connectivity index is 2.72. The summed E-state index contributed by atoms with van der Waals surface area (Å²) in [6, 6.07) is 0. The number of nitroso groups, excluding NO2 is 1. The summed E-state index contributed by atoms with van der Waals surface area (Å²) in [5, 5.41) is 4.68. The lowest BCUT2D eigenvalue weighted by Crippen LogP contribution is -2.53. The van der Waals surface area contributed by atoms with E-state index >= 15 is 0 Å². The molecule has 0 N–H and O–H groups in total. The number of rotatable bonds is 3. The zero-order chi connectivity index (χ0) is 9.03. The van der Waals surface area contributed by atoms with Crippen LogP contribution in [0.1, 0.15) is 26.7 Å². The Bertz CT molecular complexity index is 157. The third kappa shape index (κ3) is 1.43. The van der Waals surface area contributed by atoms with Gasteiger partial charge < -0.3 is 4.74 Å². The molecule has 0 amide bonds. The molecule has 12 heavy (non-hydrogen) atoms. The normalized spacial score (nSPS) is 22.3. The number of hydrogen-bond acceptors (Lipinski definition) is 3. The van der Waals surface area contributed by atoms with E-state index in [2.05, 4.69) is 19.1 Å². The smallest absolute Gasteiger partial charge is 0.0839 e. The molecule has 0 aromatic carbocycles. The molecule has 0 bridgehead atoms. The third-order valence-corrected chi connectivity index (χ3v) is 2.78. The fraction of sp³-hybridized carbons (Fsp3) is 1.00. The SMILES string of the molecule is CCC1(CC)COCCN1N=O. The fourth-order valence-corrected chi connectivity index (χ4v) is 1.67. The average Bonchev–Trinajstić information content (AvgIpc) is 2.17. The minimum Gasteiger partial charge on any atom is -0.377 e. The fourth-order valence-electron chi connectivity index (χ4n) is 1.67. The van der Waals surface area contributed by atoms with Gasteiger partial charge in [-0.1, -0.05) is 13.8 Å². The molecule has 1 rings (SSSR count). The van der Waals surface area contributed by atoms with Gasteiger partial charge in [0.05, 0.1) is 30.6 Å². The molecule has 0 unspecified atom stereocenters. The average molecular weight is 172 g/mol. The Kier molecular flexibility index (Phi) is 3.03. The lowest BCUT2D eigenvalue weighted by molar-refractivity contribution is -0.0731. The standard InChI is InChI=1S/C8H16N2O2/c1-3-8(4-2)7-12-6-5-10(8)9-11/h3-7H2,1-2H3. The van der Waals surface area contributed by atoms with Gasteiger partial charge in [-0.25, -0.2) is 0 Å². The van der Waals surface area contributed by atoms with Gasteiger partial charge in [0.15, 0.2) is 0 Å². The van der Waals surface area contributed by atoms with Gasteiger partial charge >= 0.3 is 0 Å². The Labute approximate surface area is 72.8 Å². The maximum Gasteiger partial charge on any atom is 0.0839 e. The van der Waals surface area contributed by atoms with E-state index in [4.69, 9.17) is 4.74 Å². The summed E-state index contributed by atoms with van der Waals surface area (Å²) in [7, 11) is 0. The van der Waals surface area contributed by atoms with Crippen LogP contribution < -0.4 is 0 Å². The highest BCUT2D eigenvalue weighted by Crippen LogP contribution is 2.27. The molecule has 0 aromatic heterocycles. The molecule has 0 saturated carbocycles. The van der Waals surface area contributed by atoms with Crippen LogP contribution in [0.2, 0.25) is 0 Å². The van der Waals surface area contributed by atoms with Gasteiger partial charge in [0.2, 0.25) is 0 Å². The van der Waals surface area contributed by atoms with Crippen LogP contribution in [0, 0.1) is 4.91 Å². The molecule has 4 heteroatoms. The van der Waals surface area contributed by atoms with Crippen molar-refractivity contribution in [2.45, 2.75) is 32.2 Å². The van der Waals surface area contributed by atoms with Crippen LogP contribution in [0.3, 0.4) is 0 Å². The number of nitrogens with zero attached hydrogens (tertiary/aromatic N) is 2. The van der Waals surface area contributed by atoms with E-state index in [-0.39, 0.29) is 5.54 Å². The highest BCUT2D eigenvalue weighted by Gasteiger charge is 2.36. The molecule has 0 aromatic rings. The second-order valence-electron chi connectivity index (χ2n) is 3.19. The van der Waals surface area contributed by atoms with Crippen LogP contribution in [0.4, 0.5) is 0 Å². The van der Waals surface area contributed by atoms with Crippen molar-refractivity contribution in [1.82, 2.24) is 5.01 Å². The third-order valence-electron chi connectivity index (χ3n) is 2.78. The molecule has 1 aliphatic heterocycles. The van der Waals surface area contributed by atoms with Crippen molar-refractivity contribution in [3.05, 3.63) is 4.91 Å². The number of ether oxygens (including phenoxy) is 1. The minimum atomic E-state index is -0.139. The van der Waals surface area contributed by atoms with E-state index < -0.39 is 0 Å². The molecule has 70 valence electrons. The molecule has 0 spiro atoms. The van der Waals surface area contributed by atoms with Crippen molar-refractivity contribution < 1.29 is 4.74 Å². The van der Waals surface area contributed by atoms with E-state index in [9.17, 15) is 4.91 Å². The summed E-state index contributed by atoms with van der Waals surface area (Å²) in [5.41, 5.74) is -0.139. The predicted octanol–water partition coefficient (Wildman–Crippen LogP) is 1.56. The van der Waals surface area contributed by atoms with Crippen molar-refractivity contribution in [1.29, 1.82) is 0 Å². The monoisotopic (exact) mass is 172 g/mol. The van der Waals surface area contributed by atoms with Gasteiger partial charge in [-0.2, -0.15) is 0 Å². The van der Waals surface area contributed by atoms with Gasteiger partial charge in [-0.15, -0.1) is 4.91 Å². The molecular formula is C8H16N2O2. The molecule has 1 fully saturated rings.